The Labute approximate surface area is 113 Å². The number of carbonyl (C=O) groups is 1. The molecule has 1 N–H and O–H groups in total. The van der Waals surface area contributed by atoms with E-state index < -0.39 is 11.9 Å². The molecule has 3 aromatic rings. The molecule has 1 aromatic carbocycles. The zero-order valence-corrected chi connectivity index (χ0v) is 11.0. The third-order valence-electron chi connectivity index (χ3n) is 3.01. The summed E-state index contributed by atoms with van der Waals surface area (Å²) in [5.41, 5.74) is 2.09. The fraction of sp³-hybridized carbons (Fsp3) is 0.143. The van der Waals surface area contributed by atoms with Crippen molar-refractivity contribution in [1.29, 1.82) is 0 Å². The highest BCUT2D eigenvalue weighted by Gasteiger charge is 2.16. The normalized spacial score (nSPS) is 12.7. The first kappa shape index (κ1) is 11.9. The van der Waals surface area contributed by atoms with Gasteiger partial charge in [-0.3, -0.25) is 4.79 Å². The van der Waals surface area contributed by atoms with E-state index in [9.17, 15) is 4.79 Å². The minimum Gasteiger partial charge on any atom is -0.481 e. The number of nitrogens with zero attached hydrogens (tertiary/aromatic N) is 1. The van der Waals surface area contributed by atoms with Crippen LogP contribution in [0.3, 0.4) is 0 Å². The van der Waals surface area contributed by atoms with Gasteiger partial charge in [-0.25, -0.2) is 4.98 Å². The third kappa shape index (κ3) is 2.13. The van der Waals surface area contributed by atoms with Crippen molar-refractivity contribution in [3.8, 4) is 10.8 Å². The third-order valence-corrected chi connectivity index (χ3v) is 3.87. The molecule has 2 heterocycles. The molecule has 0 radical (unpaired) electrons. The highest BCUT2D eigenvalue weighted by atomic mass is 32.1. The molecule has 0 aliphatic rings. The van der Waals surface area contributed by atoms with E-state index in [2.05, 4.69) is 4.98 Å². The van der Waals surface area contributed by atoms with Crippen molar-refractivity contribution >= 4 is 28.4 Å². The summed E-state index contributed by atoms with van der Waals surface area (Å²) in [4.78, 5) is 16.4. The molecule has 96 valence electrons. The molecular formula is C14H11NO3S. The molecule has 1 atom stereocenters. The van der Waals surface area contributed by atoms with Crippen LogP contribution in [0, 0.1) is 0 Å². The number of carboxylic acid groups (broad SMARTS) is 1. The Morgan fingerprint density at radius 1 is 1.42 bits per heavy atom. The summed E-state index contributed by atoms with van der Waals surface area (Å²) in [7, 11) is 0. The molecule has 5 heteroatoms. The van der Waals surface area contributed by atoms with Gasteiger partial charge >= 0.3 is 5.97 Å². The van der Waals surface area contributed by atoms with Crippen LogP contribution in [-0.4, -0.2) is 16.1 Å². The average molecular weight is 273 g/mol. The van der Waals surface area contributed by atoms with Gasteiger partial charge in [-0.15, -0.1) is 11.3 Å². The van der Waals surface area contributed by atoms with E-state index in [0.29, 0.717) is 17.0 Å². The lowest BCUT2D eigenvalue weighted by Crippen LogP contribution is -2.06. The van der Waals surface area contributed by atoms with E-state index in [0.717, 1.165) is 10.4 Å². The monoisotopic (exact) mass is 273 g/mol. The Balaban J connectivity index is 2.07. The summed E-state index contributed by atoms with van der Waals surface area (Å²) in [6.45, 7) is 1.66. The van der Waals surface area contributed by atoms with Crippen molar-refractivity contribution in [2.45, 2.75) is 12.8 Å². The predicted octanol–water partition coefficient (Wildman–Crippen LogP) is 3.74. The molecule has 3 rings (SSSR count). The number of thiophene rings is 1. The first-order chi connectivity index (χ1) is 9.15. The van der Waals surface area contributed by atoms with Gasteiger partial charge in [0, 0.05) is 0 Å². The van der Waals surface area contributed by atoms with E-state index in [1.165, 1.54) is 0 Å². The quantitative estimate of drug-likeness (QED) is 0.789. The van der Waals surface area contributed by atoms with Crippen molar-refractivity contribution in [3.63, 3.8) is 0 Å². The lowest BCUT2D eigenvalue weighted by molar-refractivity contribution is -0.138. The molecule has 0 aliphatic carbocycles. The SMILES string of the molecule is CC(C(=O)O)c1ccc2oc(-c3cccs3)nc2c1. The summed E-state index contributed by atoms with van der Waals surface area (Å²) in [5.74, 6) is -0.822. The molecule has 0 aliphatic heterocycles. The summed E-state index contributed by atoms with van der Waals surface area (Å²) >= 11 is 1.56. The number of hydrogen-bond donors (Lipinski definition) is 1. The van der Waals surface area contributed by atoms with E-state index in [1.54, 1.807) is 36.5 Å². The standard InChI is InChI=1S/C14H11NO3S/c1-8(14(16)17)9-4-5-11-10(7-9)15-13(18-11)12-3-2-6-19-12/h2-8H,1H3,(H,16,17). The second kappa shape index (κ2) is 4.51. The number of aromatic nitrogens is 1. The zero-order valence-electron chi connectivity index (χ0n) is 10.2. The fourth-order valence-corrected chi connectivity index (χ4v) is 2.51. The summed E-state index contributed by atoms with van der Waals surface area (Å²) in [6, 6.07) is 9.19. The van der Waals surface area contributed by atoms with Gasteiger partial charge in [-0.1, -0.05) is 12.1 Å². The number of carboxylic acids is 1. The summed E-state index contributed by atoms with van der Waals surface area (Å²) in [6.07, 6.45) is 0. The molecule has 0 saturated heterocycles. The van der Waals surface area contributed by atoms with Gasteiger partial charge in [0.25, 0.3) is 0 Å². The highest BCUT2D eigenvalue weighted by Crippen LogP contribution is 2.29. The van der Waals surface area contributed by atoms with Crippen molar-refractivity contribution in [1.82, 2.24) is 4.98 Å². The zero-order chi connectivity index (χ0) is 13.4. The van der Waals surface area contributed by atoms with Crippen LogP contribution >= 0.6 is 11.3 Å². The fourth-order valence-electron chi connectivity index (χ4n) is 1.86. The first-order valence-electron chi connectivity index (χ1n) is 5.82. The maximum absolute atomic E-state index is 11.0. The van der Waals surface area contributed by atoms with Crippen LogP contribution in [0.5, 0.6) is 0 Å². The molecule has 0 saturated carbocycles. The van der Waals surface area contributed by atoms with Crippen LogP contribution in [0.1, 0.15) is 18.4 Å². The van der Waals surface area contributed by atoms with Crippen LogP contribution in [-0.2, 0) is 4.79 Å². The maximum atomic E-state index is 11.0. The van der Waals surface area contributed by atoms with Crippen molar-refractivity contribution in [2.75, 3.05) is 0 Å². The van der Waals surface area contributed by atoms with Gasteiger partial charge in [0.2, 0.25) is 5.89 Å². The van der Waals surface area contributed by atoms with Gasteiger partial charge in [0.15, 0.2) is 5.58 Å². The van der Waals surface area contributed by atoms with Crippen molar-refractivity contribution < 1.29 is 14.3 Å². The first-order valence-corrected chi connectivity index (χ1v) is 6.70. The highest BCUT2D eigenvalue weighted by molar-refractivity contribution is 7.13. The number of hydrogen-bond acceptors (Lipinski definition) is 4. The second-order valence-electron chi connectivity index (χ2n) is 4.28. The van der Waals surface area contributed by atoms with E-state index in [4.69, 9.17) is 9.52 Å². The molecule has 0 spiro atoms. The van der Waals surface area contributed by atoms with Crippen molar-refractivity contribution in [3.05, 3.63) is 41.3 Å². The Kier molecular flexibility index (Phi) is 2.83. The Bertz CT molecular complexity index is 730. The Morgan fingerprint density at radius 2 is 2.26 bits per heavy atom. The van der Waals surface area contributed by atoms with Crippen LogP contribution in [0.4, 0.5) is 0 Å². The molecule has 1 unspecified atom stereocenters. The largest absolute Gasteiger partial charge is 0.481 e. The van der Waals surface area contributed by atoms with Crippen LogP contribution in [0.25, 0.3) is 21.9 Å². The lowest BCUT2D eigenvalue weighted by Gasteiger charge is -2.04. The summed E-state index contributed by atoms with van der Waals surface area (Å²) < 4.78 is 5.66. The number of oxazole rings is 1. The Hall–Kier alpha value is -2.14. The Morgan fingerprint density at radius 3 is 2.95 bits per heavy atom. The topological polar surface area (TPSA) is 63.3 Å². The van der Waals surface area contributed by atoms with E-state index in [1.807, 2.05) is 17.5 Å². The molecule has 0 amide bonds. The number of benzene rings is 1. The van der Waals surface area contributed by atoms with E-state index in [-0.39, 0.29) is 0 Å². The van der Waals surface area contributed by atoms with Crippen LogP contribution < -0.4 is 0 Å². The van der Waals surface area contributed by atoms with Crippen LogP contribution in [0.15, 0.2) is 40.1 Å². The minimum atomic E-state index is -0.846. The molecular weight excluding hydrogens is 262 g/mol. The minimum absolute atomic E-state index is 0.550. The molecule has 4 nitrogen and oxygen atoms in total. The van der Waals surface area contributed by atoms with Crippen molar-refractivity contribution in [2.24, 2.45) is 0 Å². The van der Waals surface area contributed by atoms with Gasteiger partial charge in [0.05, 0.1) is 10.8 Å². The molecule has 19 heavy (non-hydrogen) atoms. The number of aliphatic carboxylic acids is 1. The average Bonchev–Trinajstić information content (AvgIpc) is 3.05. The summed E-state index contributed by atoms with van der Waals surface area (Å²) in [5, 5.41) is 11.0. The number of rotatable bonds is 3. The smallest absolute Gasteiger partial charge is 0.310 e. The van der Waals surface area contributed by atoms with Gasteiger partial charge in [-0.05, 0) is 36.1 Å². The van der Waals surface area contributed by atoms with Gasteiger partial charge < -0.3 is 9.52 Å². The predicted molar refractivity (Wildman–Crippen MR) is 73.4 cm³/mol. The molecule has 0 fully saturated rings. The molecule has 2 aromatic heterocycles. The second-order valence-corrected chi connectivity index (χ2v) is 5.23. The van der Waals surface area contributed by atoms with Crippen LogP contribution in [0.2, 0.25) is 0 Å². The van der Waals surface area contributed by atoms with E-state index >= 15 is 0 Å². The molecule has 0 bridgehead atoms. The maximum Gasteiger partial charge on any atom is 0.310 e. The lowest BCUT2D eigenvalue weighted by atomic mass is 10.0. The van der Waals surface area contributed by atoms with Gasteiger partial charge in [-0.2, -0.15) is 0 Å². The number of fused-ring (bicyclic) bond motifs is 1. The van der Waals surface area contributed by atoms with Gasteiger partial charge in [0.1, 0.15) is 5.52 Å².